The van der Waals surface area contributed by atoms with Crippen molar-refractivity contribution >= 4 is 5.97 Å². The van der Waals surface area contributed by atoms with E-state index >= 15 is 0 Å². The Balaban J connectivity index is 3.57. The van der Waals surface area contributed by atoms with Crippen molar-refractivity contribution < 1.29 is 14.6 Å². The van der Waals surface area contributed by atoms with Gasteiger partial charge in [-0.15, -0.1) is 0 Å². The molecule has 3 heteroatoms. The van der Waals surface area contributed by atoms with Gasteiger partial charge in [0.2, 0.25) is 0 Å². The smallest absolute Gasteiger partial charge is 0.337 e. The van der Waals surface area contributed by atoms with Gasteiger partial charge in [0.15, 0.2) is 5.60 Å². The molecule has 0 rings (SSSR count). The van der Waals surface area contributed by atoms with Crippen molar-refractivity contribution in [1.82, 2.24) is 0 Å². The van der Waals surface area contributed by atoms with E-state index < -0.39 is 11.6 Å². The lowest BCUT2D eigenvalue weighted by molar-refractivity contribution is -0.164. The van der Waals surface area contributed by atoms with Crippen LogP contribution >= 0.6 is 0 Å². The van der Waals surface area contributed by atoms with E-state index in [1.807, 2.05) is 6.92 Å². The van der Waals surface area contributed by atoms with Gasteiger partial charge >= 0.3 is 5.97 Å². The van der Waals surface area contributed by atoms with Crippen LogP contribution in [0.25, 0.3) is 0 Å². The van der Waals surface area contributed by atoms with Crippen molar-refractivity contribution in [2.45, 2.75) is 71.3 Å². The Bertz CT molecular complexity index is 188. The van der Waals surface area contributed by atoms with Gasteiger partial charge in [0.1, 0.15) is 0 Å². The summed E-state index contributed by atoms with van der Waals surface area (Å²) in [5.74, 6) is -0.482. The molecule has 0 saturated carbocycles. The third-order valence-corrected chi connectivity index (χ3v) is 2.66. The third kappa shape index (κ3) is 6.83. The molecule has 0 saturated heterocycles. The molecule has 0 aromatic carbocycles. The molecule has 16 heavy (non-hydrogen) atoms. The summed E-state index contributed by atoms with van der Waals surface area (Å²) in [7, 11) is 0. The lowest BCUT2D eigenvalue weighted by Crippen LogP contribution is -2.36. The lowest BCUT2D eigenvalue weighted by Gasteiger charge is -2.20. The second-order valence-corrected chi connectivity index (χ2v) is 4.57. The van der Waals surface area contributed by atoms with E-state index in [1.165, 1.54) is 26.2 Å². The molecule has 0 fully saturated rings. The zero-order valence-electron chi connectivity index (χ0n) is 10.9. The summed E-state index contributed by atoms with van der Waals surface area (Å²) in [5, 5.41) is 9.75. The van der Waals surface area contributed by atoms with E-state index in [4.69, 9.17) is 4.74 Å². The fraction of sp³-hybridized carbons (Fsp3) is 0.923. The molecule has 0 radical (unpaired) electrons. The molecular formula is C13H26O3. The van der Waals surface area contributed by atoms with Gasteiger partial charge in [-0.1, -0.05) is 46.0 Å². The van der Waals surface area contributed by atoms with Gasteiger partial charge in [0.05, 0.1) is 6.61 Å². The van der Waals surface area contributed by atoms with E-state index in [0.29, 0.717) is 13.0 Å². The van der Waals surface area contributed by atoms with Crippen LogP contribution < -0.4 is 0 Å². The number of ether oxygens (including phenoxy) is 1. The predicted octanol–water partition coefficient (Wildman–Crippen LogP) is 3.05. The molecule has 1 N–H and O–H groups in total. The van der Waals surface area contributed by atoms with E-state index in [9.17, 15) is 9.90 Å². The molecule has 0 aliphatic heterocycles. The maximum atomic E-state index is 11.5. The second-order valence-electron chi connectivity index (χ2n) is 4.57. The van der Waals surface area contributed by atoms with Gasteiger partial charge < -0.3 is 9.84 Å². The average Bonchev–Trinajstić information content (AvgIpc) is 2.22. The van der Waals surface area contributed by atoms with Gasteiger partial charge in [-0.25, -0.2) is 4.79 Å². The molecule has 3 nitrogen and oxygen atoms in total. The maximum absolute atomic E-state index is 11.5. The van der Waals surface area contributed by atoms with Gasteiger partial charge in [-0.3, -0.25) is 0 Å². The molecule has 0 aromatic heterocycles. The van der Waals surface area contributed by atoms with Crippen molar-refractivity contribution in [3.8, 4) is 0 Å². The van der Waals surface area contributed by atoms with Crippen LogP contribution in [0.2, 0.25) is 0 Å². The topological polar surface area (TPSA) is 46.5 Å². The zero-order chi connectivity index (χ0) is 12.4. The first-order valence-corrected chi connectivity index (χ1v) is 6.44. The predicted molar refractivity (Wildman–Crippen MR) is 65.2 cm³/mol. The molecule has 1 unspecified atom stereocenters. The van der Waals surface area contributed by atoms with Crippen LogP contribution in [0.1, 0.15) is 65.7 Å². The Kier molecular flexibility index (Phi) is 8.26. The summed E-state index contributed by atoms with van der Waals surface area (Å²) in [6.07, 6.45) is 6.87. The first kappa shape index (κ1) is 15.4. The molecule has 96 valence electrons. The lowest BCUT2D eigenvalue weighted by atomic mass is 10.0. The highest BCUT2D eigenvalue weighted by atomic mass is 16.5. The molecule has 0 aromatic rings. The standard InChI is InChI=1S/C13H26O3/c1-4-6-7-8-9-11-16-12(14)13(3,15)10-5-2/h15H,4-11H2,1-3H3. The summed E-state index contributed by atoms with van der Waals surface area (Å²) < 4.78 is 5.05. The van der Waals surface area contributed by atoms with Crippen molar-refractivity contribution in [3.63, 3.8) is 0 Å². The largest absolute Gasteiger partial charge is 0.464 e. The van der Waals surface area contributed by atoms with Crippen molar-refractivity contribution in [2.24, 2.45) is 0 Å². The van der Waals surface area contributed by atoms with E-state index in [2.05, 4.69) is 6.92 Å². The van der Waals surface area contributed by atoms with Crippen LogP contribution in [0.4, 0.5) is 0 Å². The number of esters is 1. The van der Waals surface area contributed by atoms with Gasteiger partial charge in [-0.05, 0) is 19.8 Å². The molecular weight excluding hydrogens is 204 g/mol. The highest BCUT2D eigenvalue weighted by Crippen LogP contribution is 2.14. The minimum Gasteiger partial charge on any atom is -0.464 e. The van der Waals surface area contributed by atoms with Crippen molar-refractivity contribution in [2.75, 3.05) is 6.61 Å². The molecule has 0 bridgehead atoms. The third-order valence-electron chi connectivity index (χ3n) is 2.66. The number of carbonyl (C=O) groups is 1. The summed E-state index contributed by atoms with van der Waals surface area (Å²) in [4.78, 5) is 11.5. The van der Waals surface area contributed by atoms with Gasteiger partial charge in [0, 0.05) is 0 Å². The number of aliphatic hydroxyl groups is 1. The van der Waals surface area contributed by atoms with Crippen molar-refractivity contribution in [1.29, 1.82) is 0 Å². The molecule has 0 heterocycles. The number of carbonyl (C=O) groups excluding carboxylic acids is 1. The minimum absolute atomic E-state index is 0.433. The average molecular weight is 230 g/mol. The second kappa shape index (κ2) is 8.57. The molecule has 0 aliphatic carbocycles. The number of rotatable bonds is 9. The first-order valence-electron chi connectivity index (χ1n) is 6.44. The zero-order valence-corrected chi connectivity index (χ0v) is 10.9. The van der Waals surface area contributed by atoms with Crippen LogP contribution in [0.5, 0.6) is 0 Å². The summed E-state index contributed by atoms with van der Waals surface area (Å²) >= 11 is 0. The maximum Gasteiger partial charge on any atom is 0.337 e. The van der Waals surface area contributed by atoms with Crippen LogP contribution in [0.3, 0.4) is 0 Å². The number of hydrogen-bond acceptors (Lipinski definition) is 3. The number of unbranched alkanes of at least 4 members (excludes halogenated alkanes) is 4. The Labute approximate surface area is 99.2 Å². The Hall–Kier alpha value is -0.570. The van der Waals surface area contributed by atoms with E-state index in [1.54, 1.807) is 0 Å². The quantitative estimate of drug-likeness (QED) is 0.489. The molecule has 0 amide bonds. The monoisotopic (exact) mass is 230 g/mol. The molecule has 0 aliphatic rings. The van der Waals surface area contributed by atoms with E-state index in [-0.39, 0.29) is 0 Å². The fourth-order valence-corrected chi connectivity index (χ4v) is 1.61. The molecule has 0 spiro atoms. The first-order chi connectivity index (χ1) is 7.54. The van der Waals surface area contributed by atoms with Crippen LogP contribution in [-0.2, 0) is 9.53 Å². The Morgan fingerprint density at radius 2 is 1.75 bits per heavy atom. The summed E-state index contributed by atoms with van der Waals surface area (Å²) in [6.45, 7) is 6.06. The number of hydrogen-bond donors (Lipinski definition) is 1. The van der Waals surface area contributed by atoms with Gasteiger partial charge in [0.25, 0.3) is 0 Å². The molecule has 1 atom stereocenters. The highest BCUT2D eigenvalue weighted by Gasteiger charge is 2.30. The Morgan fingerprint density at radius 1 is 1.12 bits per heavy atom. The SMILES string of the molecule is CCCCCCCOC(=O)C(C)(O)CCC. The Morgan fingerprint density at radius 3 is 2.31 bits per heavy atom. The summed E-state index contributed by atoms with van der Waals surface area (Å²) in [6, 6.07) is 0. The normalized spacial score (nSPS) is 14.5. The summed E-state index contributed by atoms with van der Waals surface area (Å²) in [5.41, 5.74) is -1.31. The highest BCUT2D eigenvalue weighted by molar-refractivity contribution is 5.78. The van der Waals surface area contributed by atoms with Gasteiger partial charge in [-0.2, -0.15) is 0 Å². The van der Waals surface area contributed by atoms with Crippen LogP contribution in [0.15, 0.2) is 0 Å². The van der Waals surface area contributed by atoms with Crippen LogP contribution in [-0.4, -0.2) is 23.3 Å². The van der Waals surface area contributed by atoms with Crippen LogP contribution in [0, 0.1) is 0 Å². The van der Waals surface area contributed by atoms with E-state index in [0.717, 1.165) is 19.3 Å². The minimum atomic E-state index is -1.31. The fourth-order valence-electron chi connectivity index (χ4n) is 1.61. The van der Waals surface area contributed by atoms with Crippen molar-refractivity contribution in [3.05, 3.63) is 0 Å².